The van der Waals surface area contributed by atoms with Crippen LogP contribution in [0.5, 0.6) is 0 Å². The molecule has 82 valence electrons. The summed E-state index contributed by atoms with van der Waals surface area (Å²) in [6.45, 7) is 1.93. The third-order valence-electron chi connectivity index (χ3n) is 1.47. The number of carbonyl (C=O) groups is 1. The van der Waals surface area contributed by atoms with Gasteiger partial charge in [-0.15, -0.1) is 0 Å². The van der Waals surface area contributed by atoms with Crippen molar-refractivity contribution in [1.82, 2.24) is 9.97 Å². The van der Waals surface area contributed by atoms with Gasteiger partial charge in [0, 0.05) is 12.5 Å². The highest BCUT2D eigenvalue weighted by Crippen LogP contribution is 2.14. The highest BCUT2D eigenvalue weighted by molar-refractivity contribution is 7.84. The van der Waals surface area contributed by atoms with Gasteiger partial charge < -0.3 is 4.74 Å². The van der Waals surface area contributed by atoms with Crippen molar-refractivity contribution >= 4 is 28.4 Å². The van der Waals surface area contributed by atoms with Crippen LogP contribution in [0.15, 0.2) is 11.4 Å². The molecular weight excluding hydrogens is 240 g/mol. The lowest BCUT2D eigenvalue weighted by Gasteiger charge is -2.03. The maximum absolute atomic E-state index is 11.3. The van der Waals surface area contributed by atoms with E-state index < -0.39 is 16.8 Å². The van der Waals surface area contributed by atoms with Crippen molar-refractivity contribution < 1.29 is 13.7 Å². The van der Waals surface area contributed by atoms with E-state index in [1.807, 2.05) is 0 Å². The van der Waals surface area contributed by atoms with Gasteiger partial charge >= 0.3 is 5.97 Å². The van der Waals surface area contributed by atoms with Crippen LogP contribution in [0.1, 0.15) is 17.3 Å². The molecule has 0 radical (unpaired) electrons. The van der Waals surface area contributed by atoms with Crippen LogP contribution < -0.4 is 0 Å². The summed E-state index contributed by atoms with van der Waals surface area (Å²) < 4.78 is 15.7. The Morgan fingerprint density at radius 1 is 1.67 bits per heavy atom. The summed E-state index contributed by atoms with van der Waals surface area (Å²) in [6.07, 6.45) is 2.64. The molecule has 1 heterocycles. The molecule has 0 fully saturated rings. The number of nitrogens with zero attached hydrogens (tertiary/aromatic N) is 2. The topological polar surface area (TPSA) is 69.2 Å². The van der Waals surface area contributed by atoms with Gasteiger partial charge in [0.25, 0.3) is 0 Å². The molecule has 0 N–H and O–H groups in total. The molecule has 1 rings (SSSR count). The fourth-order valence-electron chi connectivity index (χ4n) is 0.830. The minimum Gasteiger partial charge on any atom is -0.462 e. The first-order chi connectivity index (χ1) is 7.06. The molecule has 0 aliphatic carbocycles. The van der Waals surface area contributed by atoms with Crippen LogP contribution in [0.2, 0.25) is 5.15 Å². The zero-order chi connectivity index (χ0) is 11.4. The van der Waals surface area contributed by atoms with Gasteiger partial charge in [-0.25, -0.2) is 14.8 Å². The van der Waals surface area contributed by atoms with Crippen LogP contribution in [0.3, 0.4) is 0 Å². The fourth-order valence-corrected chi connectivity index (χ4v) is 1.51. The van der Waals surface area contributed by atoms with Gasteiger partial charge in [0.2, 0.25) is 5.16 Å². The third-order valence-corrected chi connectivity index (χ3v) is 2.47. The number of esters is 1. The Hall–Kier alpha value is -1.01. The van der Waals surface area contributed by atoms with Crippen molar-refractivity contribution in [2.45, 2.75) is 12.1 Å². The van der Waals surface area contributed by atoms with Gasteiger partial charge in [0.1, 0.15) is 10.7 Å². The summed E-state index contributed by atoms with van der Waals surface area (Å²) in [5.74, 6) is -0.587. The molecule has 0 aliphatic heterocycles. The molecule has 1 aromatic rings. The summed E-state index contributed by atoms with van der Waals surface area (Å²) in [7, 11) is -1.32. The summed E-state index contributed by atoms with van der Waals surface area (Å²) in [5.41, 5.74) is 0.0766. The number of halogens is 1. The van der Waals surface area contributed by atoms with Gasteiger partial charge in [-0.1, -0.05) is 11.6 Å². The van der Waals surface area contributed by atoms with Crippen LogP contribution in [0, 0.1) is 0 Å². The number of ether oxygens (including phenoxy) is 1. The Morgan fingerprint density at radius 2 is 2.33 bits per heavy atom. The van der Waals surface area contributed by atoms with Gasteiger partial charge in [-0.05, 0) is 6.92 Å². The molecule has 0 saturated heterocycles. The number of aromatic nitrogens is 2. The molecular formula is C8H9ClN2O3S. The predicted octanol–water partition coefficient (Wildman–Crippen LogP) is 1.04. The van der Waals surface area contributed by atoms with Gasteiger partial charge in [0.15, 0.2) is 0 Å². The third kappa shape index (κ3) is 2.97. The molecule has 1 unspecified atom stereocenters. The zero-order valence-electron chi connectivity index (χ0n) is 8.19. The molecule has 0 saturated carbocycles. The molecule has 15 heavy (non-hydrogen) atoms. The predicted molar refractivity (Wildman–Crippen MR) is 55.3 cm³/mol. The standard InChI is InChI=1S/C8H9ClN2O3S/c1-3-14-7(12)5-4-10-8(15(2)13)11-6(5)9/h4H,3H2,1-2H3. The van der Waals surface area contributed by atoms with Crippen molar-refractivity contribution in [2.75, 3.05) is 12.9 Å². The van der Waals surface area contributed by atoms with Gasteiger partial charge in [-0.2, -0.15) is 0 Å². The number of hydrogen-bond acceptors (Lipinski definition) is 5. The highest BCUT2D eigenvalue weighted by Gasteiger charge is 2.15. The first-order valence-electron chi connectivity index (χ1n) is 4.09. The smallest absolute Gasteiger partial charge is 0.342 e. The van der Waals surface area contributed by atoms with Crippen molar-refractivity contribution in [3.05, 3.63) is 16.9 Å². The second kappa shape index (κ2) is 5.18. The van der Waals surface area contributed by atoms with E-state index in [-0.39, 0.29) is 22.5 Å². The summed E-state index contributed by atoms with van der Waals surface area (Å²) >= 11 is 5.72. The Bertz CT molecular complexity index is 411. The van der Waals surface area contributed by atoms with Crippen LogP contribution in [-0.2, 0) is 15.5 Å². The average Bonchev–Trinajstić information content (AvgIpc) is 2.17. The van der Waals surface area contributed by atoms with Crippen molar-refractivity contribution in [2.24, 2.45) is 0 Å². The molecule has 1 atom stereocenters. The molecule has 0 amide bonds. The normalized spacial score (nSPS) is 12.2. The second-order valence-electron chi connectivity index (χ2n) is 2.53. The van der Waals surface area contributed by atoms with Crippen LogP contribution in [0.25, 0.3) is 0 Å². The molecule has 1 aromatic heterocycles. The average molecular weight is 249 g/mol. The van der Waals surface area contributed by atoms with E-state index in [0.29, 0.717) is 0 Å². The van der Waals surface area contributed by atoms with Crippen LogP contribution in [0.4, 0.5) is 0 Å². The Morgan fingerprint density at radius 3 is 2.80 bits per heavy atom. The first-order valence-corrected chi connectivity index (χ1v) is 6.03. The van der Waals surface area contributed by atoms with E-state index in [1.165, 1.54) is 12.5 Å². The molecule has 5 nitrogen and oxygen atoms in total. The van der Waals surface area contributed by atoms with E-state index in [0.717, 1.165) is 0 Å². The minimum atomic E-state index is -1.32. The van der Waals surface area contributed by atoms with Crippen LogP contribution in [-0.4, -0.2) is 33.0 Å². The Kier molecular flexibility index (Phi) is 4.16. The Balaban J connectivity index is 3.03. The molecule has 0 spiro atoms. The molecule has 0 bridgehead atoms. The van der Waals surface area contributed by atoms with E-state index in [2.05, 4.69) is 9.97 Å². The van der Waals surface area contributed by atoms with Crippen LogP contribution >= 0.6 is 11.6 Å². The lowest BCUT2D eigenvalue weighted by atomic mass is 10.3. The summed E-state index contributed by atoms with van der Waals surface area (Å²) in [4.78, 5) is 18.8. The van der Waals surface area contributed by atoms with Gasteiger partial charge in [-0.3, -0.25) is 4.21 Å². The Labute approximate surface area is 94.3 Å². The van der Waals surface area contributed by atoms with Crippen molar-refractivity contribution in [1.29, 1.82) is 0 Å². The second-order valence-corrected chi connectivity index (χ2v) is 4.16. The lowest BCUT2D eigenvalue weighted by Crippen LogP contribution is -2.08. The van der Waals surface area contributed by atoms with E-state index in [9.17, 15) is 9.00 Å². The van der Waals surface area contributed by atoms with E-state index >= 15 is 0 Å². The lowest BCUT2D eigenvalue weighted by molar-refractivity contribution is 0.0525. The van der Waals surface area contributed by atoms with E-state index in [1.54, 1.807) is 6.92 Å². The first kappa shape index (κ1) is 12.1. The summed E-state index contributed by atoms with van der Waals surface area (Å²) in [6, 6.07) is 0. The molecule has 0 aromatic carbocycles. The zero-order valence-corrected chi connectivity index (χ0v) is 9.76. The SMILES string of the molecule is CCOC(=O)c1cnc(S(C)=O)nc1Cl. The number of rotatable bonds is 3. The monoisotopic (exact) mass is 248 g/mol. The fraction of sp³-hybridized carbons (Fsp3) is 0.375. The maximum atomic E-state index is 11.3. The quantitative estimate of drug-likeness (QED) is 0.454. The van der Waals surface area contributed by atoms with Crippen molar-refractivity contribution in [3.8, 4) is 0 Å². The minimum absolute atomic E-state index is 0.0475. The number of carbonyl (C=O) groups excluding carboxylic acids is 1. The largest absolute Gasteiger partial charge is 0.462 e. The van der Waals surface area contributed by atoms with Gasteiger partial charge in [0.05, 0.1) is 17.4 Å². The molecule has 0 aliphatic rings. The van der Waals surface area contributed by atoms with E-state index in [4.69, 9.17) is 16.3 Å². The molecule has 7 heteroatoms. The highest BCUT2D eigenvalue weighted by atomic mass is 35.5. The summed E-state index contributed by atoms with van der Waals surface area (Å²) in [5, 5.41) is 0.0432. The maximum Gasteiger partial charge on any atom is 0.342 e. The number of hydrogen-bond donors (Lipinski definition) is 0. The van der Waals surface area contributed by atoms with Crippen molar-refractivity contribution in [3.63, 3.8) is 0 Å².